The second-order valence-electron chi connectivity index (χ2n) is 5.87. The van der Waals surface area contributed by atoms with Gasteiger partial charge in [-0.2, -0.15) is 0 Å². The zero-order valence-electron chi connectivity index (χ0n) is 12.0. The van der Waals surface area contributed by atoms with E-state index in [-0.39, 0.29) is 18.6 Å². The summed E-state index contributed by atoms with van der Waals surface area (Å²) in [5.41, 5.74) is 0. The van der Waals surface area contributed by atoms with Gasteiger partial charge in [0.15, 0.2) is 5.78 Å². The van der Waals surface area contributed by atoms with E-state index < -0.39 is 0 Å². The van der Waals surface area contributed by atoms with E-state index in [4.69, 9.17) is 4.74 Å². The minimum Gasteiger partial charge on any atom is -0.358 e. The van der Waals surface area contributed by atoms with Crippen LogP contribution in [0.15, 0.2) is 0 Å². The van der Waals surface area contributed by atoms with Crippen LogP contribution >= 0.6 is 0 Å². The van der Waals surface area contributed by atoms with Crippen molar-refractivity contribution >= 4 is 5.78 Å². The standard InChI is InChI=1S/C17H26O2/c18-17(15-10-6-4-5-7-11-15)14-19-16-12-8-2-1-3-9-13-16/h15-16H,1-8,10-12,14H2. The van der Waals surface area contributed by atoms with Crippen LogP contribution in [0.4, 0.5) is 0 Å². The Morgan fingerprint density at radius 3 is 2.42 bits per heavy atom. The summed E-state index contributed by atoms with van der Waals surface area (Å²) in [5, 5.41) is 0. The van der Waals surface area contributed by atoms with Crippen molar-refractivity contribution in [3.8, 4) is 11.8 Å². The van der Waals surface area contributed by atoms with E-state index >= 15 is 0 Å². The lowest BCUT2D eigenvalue weighted by atomic mass is 9.96. The number of carbonyl (C=O) groups excluding carboxylic acids is 1. The van der Waals surface area contributed by atoms with Crippen LogP contribution in [0, 0.1) is 17.8 Å². The SMILES string of the molecule is O=C(COC1C#CCCCCC1)C1CCCCCC1. The number of ketones is 1. The summed E-state index contributed by atoms with van der Waals surface area (Å²) in [5.74, 6) is 6.90. The third-order valence-electron chi connectivity index (χ3n) is 4.27. The molecule has 0 amide bonds. The second kappa shape index (κ2) is 8.38. The molecule has 0 bridgehead atoms. The fourth-order valence-corrected chi connectivity index (χ4v) is 3.00. The largest absolute Gasteiger partial charge is 0.358 e. The lowest BCUT2D eigenvalue weighted by molar-refractivity contribution is -0.129. The number of rotatable bonds is 4. The first-order chi connectivity index (χ1) is 9.36. The van der Waals surface area contributed by atoms with Crippen LogP contribution < -0.4 is 0 Å². The van der Waals surface area contributed by atoms with Crippen LogP contribution in [-0.2, 0) is 9.53 Å². The van der Waals surface area contributed by atoms with Gasteiger partial charge in [0.05, 0.1) is 0 Å². The average molecular weight is 262 g/mol. The van der Waals surface area contributed by atoms with Crippen molar-refractivity contribution < 1.29 is 9.53 Å². The molecule has 1 atom stereocenters. The summed E-state index contributed by atoms with van der Waals surface area (Å²) >= 11 is 0. The van der Waals surface area contributed by atoms with Gasteiger partial charge in [0, 0.05) is 12.3 Å². The molecule has 0 aliphatic heterocycles. The third kappa shape index (κ3) is 5.37. The maximum atomic E-state index is 12.2. The van der Waals surface area contributed by atoms with Crippen molar-refractivity contribution in [1.29, 1.82) is 0 Å². The van der Waals surface area contributed by atoms with Crippen molar-refractivity contribution in [3.63, 3.8) is 0 Å². The molecule has 0 aromatic heterocycles. The molecular weight excluding hydrogens is 236 g/mol. The number of ether oxygens (including phenoxy) is 1. The molecule has 2 aliphatic carbocycles. The van der Waals surface area contributed by atoms with Gasteiger partial charge in [-0.05, 0) is 32.1 Å². The second-order valence-corrected chi connectivity index (χ2v) is 5.87. The molecule has 1 saturated carbocycles. The Bertz CT molecular complexity index is 329. The number of hydrogen-bond donors (Lipinski definition) is 0. The topological polar surface area (TPSA) is 26.3 Å². The smallest absolute Gasteiger partial charge is 0.161 e. The number of Topliss-reactive ketones (excluding diaryl/α,β-unsaturated/α-hetero) is 1. The Kier molecular flexibility index (Phi) is 6.44. The van der Waals surface area contributed by atoms with E-state index in [1.807, 2.05) is 0 Å². The van der Waals surface area contributed by atoms with Crippen LogP contribution in [0.3, 0.4) is 0 Å². The molecule has 0 radical (unpaired) electrons. The first-order valence-electron chi connectivity index (χ1n) is 7.99. The van der Waals surface area contributed by atoms with E-state index in [1.54, 1.807) is 0 Å². The normalized spacial score (nSPS) is 25.6. The highest BCUT2D eigenvalue weighted by Gasteiger charge is 2.21. The van der Waals surface area contributed by atoms with Crippen molar-refractivity contribution in [2.75, 3.05) is 6.61 Å². The molecule has 1 fully saturated rings. The number of hydrogen-bond acceptors (Lipinski definition) is 2. The van der Waals surface area contributed by atoms with Crippen molar-refractivity contribution in [2.45, 2.75) is 76.7 Å². The lowest BCUT2D eigenvalue weighted by Gasteiger charge is -2.16. The molecule has 106 valence electrons. The maximum Gasteiger partial charge on any atom is 0.161 e. The van der Waals surface area contributed by atoms with Gasteiger partial charge in [0.1, 0.15) is 12.7 Å². The molecule has 2 aliphatic rings. The van der Waals surface area contributed by atoms with E-state index in [0.717, 1.165) is 25.7 Å². The van der Waals surface area contributed by atoms with Gasteiger partial charge in [-0.15, -0.1) is 5.92 Å². The molecule has 0 aromatic carbocycles. The Labute approximate surface area is 117 Å². The third-order valence-corrected chi connectivity index (χ3v) is 4.27. The van der Waals surface area contributed by atoms with Crippen molar-refractivity contribution in [2.24, 2.45) is 5.92 Å². The molecule has 2 rings (SSSR count). The van der Waals surface area contributed by atoms with E-state index in [2.05, 4.69) is 11.8 Å². The fraction of sp³-hybridized carbons (Fsp3) is 0.824. The molecule has 19 heavy (non-hydrogen) atoms. The minimum atomic E-state index is -0.00460. The van der Waals surface area contributed by atoms with Crippen LogP contribution in [0.2, 0.25) is 0 Å². The Morgan fingerprint density at radius 2 is 1.63 bits per heavy atom. The monoisotopic (exact) mass is 262 g/mol. The molecule has 0 saturated heterocycles. The zero-order valence-corrected chi connectivity index (χ0v) is 12.0. The van der Waals surface area contributed by atoms with Crippen LogP contribution in [0.5, 0.6) is 0 Å². The van der Waals surface area contributed by atoms with E-state index in [9.17, 15) is 4.79 Å². The van der Waals surface area contributed by atoms with Gasteiger partial charge < -0.3 is 4.74 Å². The van der Waals surface area contributed by atoms with Gasteiger partial charge in [-0.1, -0.05) is 38.0 Å². The minimum absolute atomic E-state index is 0.00460. The Hall–Kier alpha value is -0.810. The fourth-order valence-electron chi connectivity index (χ4n) is 3.00. The first kappa shape index (κ1) is 14.6. The molecule has 0 heterocycles. The van der Waals surface area contributed by atoms with Gasteiger partial charge in [-0.25, -0.2) is 0 Å². The molecule has 2 nitrogen and oxygen atoms in total. The summed E-state index contributed by atoms with van der Waals surface area (Å²) in [6.45, 7) is 0.282. The molecule has 2 heteroatoms. The van der Waals surface area contributed by atoms with Crippen molar-refractivity contribution in [1.82, 2.24) is 0 Å². The lowest BCUT2D eigenvalue weighted by Crippen LogP contribution is -2.23. The Balaban J connectivity index is 1.75. The highest BCUT2D eigenvalue weighted by molar-refractivity contribution is 5.82. The average Bonchev–Trinajstić information content (AvgIpc) is 2.66. The van der Waals surface area contributed by atoms with Gasteiger partial charge in [0.25, 0.3) is 0 Å². The summed E-state index contributed by atoms with van der Waals surface area (Å²) in [6, 6.07) is 0. The molecule has 0 spiro atoms. The predicted octanol–water partition coefficient (Wildman–Crippen LogP) is 3.88. The summed E-state index contributed by atoms with van der Waals surface area (Å²) in [4.78, 5) is 12.2. The first-order valence-corrected chi connectivity index (χ1v) is 7.99. The summed E-state index contributed by atoms with van der Waals surface area (Å²) < 4.78 is 5.75. The Morgan fingerprint density at radius 1 is 0.947 bits per heavy atom. The van der Waals surface area contributed by atoms with Gasteiger partial charge in [-0.3, -0.25) is 4.79 Å². The van der Waals surface area contributed by atoms with Crippen LogP contribution in [-0.4, -0.2) is 18.5 Å². The van der Waals surface area contributed by atoms with Crippen LogP contribution in [0.25, 0.3) is 0 Å². The molecule has 0 N–H and O–H groups in total. The van der Waals surface area contributed by atoms with E-state index in [0.29, 0.717) is 5.78 Å². The van der Waals surface area contributed by atoms with E-state index in [1.165, 1.54) is 44.9 Å². The highest BCUT2D eigenvalue weighted by atomic mass is 16.5. The summed E-state index contributed by atoms with van der Waals surface area (Å²) in [7, 11) is 0. The molecule has 1 unspecified atom stereocenters. The quantitative estimate of drug-likeness (QED) is 0.568. The number of carbonyl (C=O) groups is 1. The molecule has 0 aromatic rings. The van der Waals surface area contributed by atoms with Crippen LogP contribution in [0.1, 0.15) is 70.6 Å². The summed E-state index contributed by atoms with van der Waals surface area (Å²) in [6.07, 6.45) is 12.7. The van der Waals surface area contributed by atoms with Gasteiger partial charge in [0.2, 0.25) is 0 Å². The highest BCUT2D eigenvalue weighted by Crippen LogP contribution is 2.23. The van der Waals surface area contributed by atoms with Gasteiger partial charge >= 0.3 is 0 Å². The van der Waals surface area contributed by atoms with Crippen molar-refractivity contribution in [3.05, 3.63) is 0 Å². The maximum absolute atomic E-state index is 12.2. The zero-order chi connectivity index (χ0) is 13.3. The predicted molar refractivity (Wildman–Crippen MR) is 76.8 cm³/mol. The molecular formula is C17H26O2.